The lowest BCUT2D eigenvalue weighted by atomic mass is 9.85. The average Bonchev–Trinajstić information content (AvgIpc) is 2.83. The van der Waals surface area contributed by atoms with Gasteiger partial charge < -0.3 is 5.11 Å². The number of carbonyl (C=O) groups is 2. The van der Waals surface area contributed by atoms with Gasteiger partial charge in [-0.2, -0.15) is 0 Å². The largest absolute Gasteiger partial charge is 0.480 e. The van der Waals surface area contributed by atoms with E-state index in [-0.39, 0.29) is 0 Å². The van der Waals surface area contributed by atoms with Gasteiger partial charge in [0.2, 0.25) is 4.75 Å². The van der Waals surface area contributed by atoms with E-state index in [0.29, 0.717) is 6.42 Å². The molecule has 1 heterocycles. The maximum absolute atomic E-state index is 11.9. The summed E-state index contributed by atoms with van der Waals surface area (Å²) in [5.41, 5.74) is 2.95. The summed E-state index contributed by atoms with van der Waals surface area (Å²) < 4.78 is -1.58. The minimum absolute atomic E-state index is 0.430. The van der Waals surface area contributed by atoms with Crippen molar-refractivity contribution in [1.29, 1.82) is 0 Å². The zero-order valence-corrected chi connectivity index (χ0v) is 10.9. The first-order chi connectivity index (χ1) is 9.11. The van der Waals surface area contributed by atoms with E-state index in [4.69, 9.17) is 5.84 Å². The van der Waals surface area contributed by atoms with E-state index in [1.165, 1.54) is 0 Å². The van der Waals surface area contributed by atoms with Gasteiger partial charge in [-0.1, -0.05) is 36.4 Å². The van der Waals surface area contributed by atoms with Gasteiger partial charge in [0.1, 0.15) is 0 Å². The molecule has 0 spiro atoms. The number of benzene rings is 1. The van der Waals surface area contributed by atoms with Crippen LogP contribution >= 0.6 is 11.8 Å². The van der Waals surface area contributed by atoms with Crippen LogP contribution in [0.2, 0.25) is 0 Å². The van der Waals surface area contributed by atoms with Crippen LogP contribution in [-0.2, 0) is 16.0 Å². The van der Waals surface area contributed by atoms with Crippen LogP contribution in [0.1, 0.15) is 5.56 Å². The molecule has 4 N–H and O–H groups in total. The van der Waals surface area contributed by atoms with Crippen molar-refractivity contribution >= 4 is 23.6 Å². The average molecular weight is 278 g/mol. The van der Waals surface area contributed by atoms with Gasteiger partial charge in [-0.25, -0.2) is 5.84 Å². The number of carboxylic acids is 1. The topological polar surface area (TPSA) is 92.4 Å². The third kappa shape index (κ3) is 2.36. The number of thioether (sulfide) groups is 1. The first kappa shape index (κ1) is 13.6. The fourth-order valence-corrected chi connectivity index (χ4v) is 3.27. The molecule has 5 nitrogen and oxygen atoms in total. The van der Waals surface area contributed by atoms with Gasteiger partial charge in [0.25, 0.3) is 5.91 Å². The third-order valence-electron chi connectivity index (χ3n) is 3.17. The Morgan fingerprint density at radius 3 is 2.63 bits per heavy atom. The maximum atomic E-state index is 11.9. The van der Waals surface area contributed by atoms with Crippen LogP contribution < -0.4 is 11.3 Å². The lowest BCUT2D eigenvalue weighted by molar-refractivity contribution is -0.145. The molecule has 1 amide bonds. The molecular weight excluding hydrogens is 264 g/mol. The molecule has 19 heavy (non-hydrogen) atoms. The molecule has 1 aliphatic heterocycles. The molecule has 0 radical (unpaired) electrons. The quantitative estimate of drug-likeness (QED) is 0.329. The number of nitrogens with one attached hydrogen (secondary N) is 1. The predicted molar refractivity (Wildman–Crippen MR) is 73.1 cm³/mol. The molecule has 0 saturated heterocycles. The van der Waals surface area contributed by atoms with Crippen molar-refractivity contribution in [2.75, 3.05) is 0 Å². The first-order valence-electron chi connectivity index (χ1n) is 5.74. The van der Waals surface area contributed by atoms with Crippen LogP contribution in [0.4, 0.5) is 0 Å². The van der Waals surface area contributed by atoms with E-state index in [2.05, 4.69) is 0 Å². The Labute approximate surface area is 114 Å². The van der Waals surface area contributed by atoms with Crippen LogP contribution in [0, 0.1) is 5.92 Å². The Bertz CT molecular complexity index is 518. The minimum Gasteiger partial charge on any atom is -0.480 e. The molecule has 2 atom stereocenters. The summed E-state index contributed by atoms with van der Waals surface area (Å²) in [7, 11) is 0. The third-order valence-corrected chi connectivity index (χ3v) is 4.50. The number of nitrogens with two attached hydrogens (primary N) is 1. The van der Waals surface area contributed by atoms with E-state index in [1.807, 2.05) is 35.8 Å². The van der Waals surface area contributed by atoms with Crippen molar-refractivity contribution in [2.45, 2.75) is 11.2 Å². The molecule has 1 aliphatic rings. The summed E-state index contributed by atoms with van der Waals surface area (Å²) in [4.78, 5) is 23.4. The maximum Gasteiger partial charge on any atom is 0.330 e. The highest BCUT2D eigenvalue weighted by atomic mass is 32.2. The normalized spacial score (nSPS) is 25.2. The standard InChI is InChI=1S/C13H14N2O3S/c14-15-11(16)13(12(17)18)10(6-7-19-13)8-9-4-2-1-3-5-9/h1-7,10H,8,14H2,(H,15,16)(H,17,18)/t10-,13-/m1/s1. The van der Waals surface area contributed by atoms with Gasteiger partial charge in [0, 0.05) is 5.92 Å². The van der Waals surface area contributed by atoms with Crippen LogP contribution in [0.15, 0.2) is 41.8 Å². The highest BCUT2D eigenvalue weighted by Gasteiger charge is 2.54. The molecule has 0 saturated carbocycles. The van der Waals surface area contributed by atoms with Gasteiger partial charge in [-0.05, 0) is 17.4 Å². The Balaban J connectivity index is 2.30. The number of hydrogen-bond donors (Lipinski definition) is 3. The zero-order chi connectivity index (χ0) is 13.9. The highest BCUT2D eigenvalue weighted by molar-refractivity contribution is 8.05. The number of amides is 1. The van der Waals surface area contributed by atoms with Gasteiger partial charge in [0.05, 0.1) is 0 Å². The van der Waals surface area contributed by atoms with Crippen molar-refractivity contribution < 1.29 is 14.7 Å². The summed E-state index contributed by atoms with van der Waals surface area (Å²) in [5, 5.41) is 11.1. The van der Waals surface area contributed by atoms with Crippen molar-refractivity contribution in [1.82, 2.24) is 5.43 Å². The Morgan fingerprint density at radius 1 is 1.37 bits per heavy atom. The van der Waals surface area contributed by atoms with Crippen molar-refractivity contribution in [2.24, 2.45) is 11.8 Å². The van der Waals surface area contributed by atoms with E-state index >= 15 is 0 Å². The zero-order valence-electron chi connectivity index (χ0n) is 10.1. The van der Waals surface area contributed by atoms with E-state index < -0.39 is 22.5 Å². The number of carboxylic acid groups (broad SMARTS) is 1. The summed E-state index contributed by atoms with van der Waals surface area (Å²) in [6.45, 7) is 0. The molecule has 0 bridgehead atoms. The number of carbonyl (C=O) groups excluding carboxylic acids is 1. The fourth-order valence-electron chi connectivity index (χ4n) is 2.18. The van der Waals surface area contributed by atoms with Crippen LogP contribution in [0.5, 0.6) is 0 Å². The number of aliphatic carboxylic acids is 1. The second kappa shape index (κ2) is 5.46. The Morgan fingerprint density at radius 2 is 2.05 bits per heavy atom. The molecule has 100 valence electrons. The number of hydrogen-bond acceptors (Lipinski definition) is 4. The van der Waals surface area contributed by atoms with E-state index in [1.54, 1.807) is 11.5 Å². The predicted octanol–water partition coefficient (Wildman–Crippen LogP) is 0.919. The van der Waals surface area contributed by atoms with Crippen molar-refractivity contribution in [3.05, 3.63) is 47.4 Å². The lowest BCUT2D eigenvalue weighted by Crippen LogP contribution is -2.55. The van der Waals surface area contributed by atoms with Crippen LogP contribution in [-0.4, -0.2) is 21.7 Å². The number of allylic oxidation sites excluding steroid dienone is 1. The molecular formula is C13H14N2O3S. The molecule has 1 aromatic carbocycles. The van der Waals surface area contributed by atoms with Gasteiger partial charge >= 0.3 is 5.97 Å². The fraction of sp³-hybridized carbons (Fsp3) is 0.231. The van der Waals surface area contributed by atoms with Gasteiger partial charge in [-0.3, -0.25) is 15.0 Å². The summed E-state index contributed by atoms with van der Waals surface area (Å²) in [6.07, 6.45) is 2.23. The van der Waals surface area contributed by atoms with Crippen molar-refractivity contribution in [3.63, 3.8) is 0 Å². The summed E-state index contributed by atoms with van der Waals surface area (Å²) in [6, 6.07) is 9.46. The highest BCUT2D eigenvalue weighted by Crippen LogP contribution is 2.43. The van der Waals surface area contributed by atoms with Gasteiger partial charge in [0.15, 0.2) is 0 Å². The Kier molecular flexibility index (Phi) is 3.92. The number of rotatable bonds is 4. The summed E-state index contributed by atoms with van der Waals surface area (Å²) in [5.74, 6) is 2.84. The van der Waals surface area contributed by atoms with Crippen LogP contribution in [0.3, 0.4) is 0 Å². The molecule has 6 heteroatoms. The Hall–Kier alpha value is -1.79. The first-order valence-corrected chi connectivity index (χ1v) is 6.62. The minimum atomic E-state index is -1.58. The lowest BCUT2D eigenvalue weighted by Gasteiger charge is -2.28. The second-order valence-corrected chi connectivity index (χ2v) is 5.41. The molecule has 2 rings (SSSR count). The smallest absolute Gasteiger partial charge is 0.330 e. The molecule has 0 aliphatic carbocycles. The number of hydrazine groups is 1. The molecule has 0 aromatic heterocycles. The monoisotopic (exact) mass is 278 g/mol. The van der Waals surface area contributed by atoms with E-state index in [0.717, 1.165) is 17.3 Å². The second-order valence-electron chi connectivity index (χ2n) is 4.26. The van der Waals surface area contributed by atoms with E-state index in [9.17, 15) is 14.7 Å². The van der Waals surface area contributed by atoms with Gasteiger partial charge in [-0.15, -0.1) is 11.8 Å². The van der Waals surface area contributed by atoms with Crippen LogP contribution in [0.25, 0.3) is 0 Å². The van der Waals surface area contributed by atoms with Crippen molar-refractivity contribution in [3.8, 4) is 0 Å². The molecule has 0 unspecified atom stereocenters. The molecule has 1 aromatic rings. The summed E-state index contributed by atoms with van der Waals surface area (Å²) >= 11 is 0.986. The SMILES string of the molecule is NNC(=O)[C@]1(C(=O)O)SC=C[C@@H]1Cc1ccccc1. The molecule has 0 fully saturated rings.